The van der Waals surface area contributed by atoms with Gasteiger partial charge in [-0.2, -0.15) is 0 Å². The summed E-state index contributed by atoms with van der Waals surface area (Å²) in [6, 6.07) is 2.80. The molecule has 1 aromatic heterocycles. The minimum absolute atomic E-state index is 0.164. The van der Waals surface area contributed by atoms with E-state index in [9.17, 15) is 9.59 Å². The summed E-state index contributed by atoms with van der Waals surface area (Å²) >= 11 is 0. The van der Waals surface area contributed by atoms with Crippen LogP contribution in [0.3, 0.4) is 0 Å². The Morgan fingerprint density at radius 1 is 1.56 bits per heavy atom. The summed E-state index contributed by atoms with van der Waals surface area (Å²) in [5.41, 5.74) is 6.12. The Kier molecular flexibility index (Phi) is 4.86. The summed E-state index contributed by atoms with van der Waals surface area (Å²) in [4.78, 5) is 29.8. The van der Waals surface area contributed by atoms with E-state index < -0.39 is 5.91 Å². The topological polar surface area (TPSA) is 100 Å². The lowest BCUT2D eigenvalue weighted by molar-refractivity contribution is -0.112. The number of hydrogen-bond acceptors (Lipinski definition) is 4. The first kappa shape index (κ1) is 13.7. The summed E-state index contributed by atoms with van der Waals surface area (Å²) in [5.74, 6) is -0.0831. The lowest BCUT2D eigenvalue weighted by Gasteiger charge is -2.06. The van der Waals surface area contributed by atoms with Gasteiger partial charge in [-0.05, 0) is 6.42 Å². The number of aryl methyl sites for hydroxylation is 1. The second kappa shape index (κ2) is 6.39. The van der Waals surface area contributed by atoms with Gasteiger partial charge in [-0.15, -0.1) is 0 Å². The molecule has 0 bridgehead atoms. The molecule has 96 valence electrons. The number of aromatic nitrogens is 1. The molecule has 0 aliphatic rings. The normalized spacial score (nSPS) is 11.8. The van der Waals surface area contributed by atoms with Crippen molar-refractivity contribution in [1.82, 2.24) is 4.98 Å². The zero-order chi connectivity index (χ0) is 13.5. The molecule has 4 N–H and O–H groups in total. The Bertz CT molecular complexity index is 543. The number of anilines is 1. The molecule has 6 nitrogen and oxygen atoms in total. The third kappa shape index (κ3) is 3.58. The molecule has 0 aromatic carbocycles. The van der Waals surface area contributed by atoms with Gasteiger partial charge in [0, 0.05) is 37.3 Å². The molecule has 18 heavy (non-hydrogen) atoms. The molecule has 0 saturated heterocycles. The van der Waals surface area contributed by atoms with Crippen LogP contribution in [0.5, 0.6) is 0 Å². The van der Waals surface area contributed by atoms with E-state index in [1.165, 1.54) is 25.4 Å². The van der Waals surface area contributed by atoms with Gasteiger partial charge in [-0.1, -0.05) is 6.92 Å². The molecule has 1 rings (SSSR count). The van der Waals surface area contributed by atoms with Crippen LogP contribution in [-0.2, 0) is 11.2 Å². The lowest BCUT2D eigenvalue weighted by Crippen LogP contribution is -2.19. The number of carbonyl (C=O) groups is 1. The van der Waals surface area contributed by atoms with Gasteiger partial charge in [-0.25, -0.2) is 0 Å². The van der Waals surface area contributed by atoms with E-state index in [2.05, 4.69) is 15.3 Å². The maximum Gasteiger partial charge on any atom is 0.259 e. The summed E-state index contributed by atoms with van der Waals surface area (Å²) < 4.78 is 0. The van der Waals surface area contributed by atoms with Crippen molar-refractivity contribution in [3.8, 4) is 0 Å². The fourth-order valence-corrected chi connectivity index (χ4v) is 1.37. The second-order valence-corrected chi connectivity index (χ2v) is 3.57. The van der Waals surface area contributed by atoms with Crippen molar-refractivity contribution in [1.29, 1.82) is 0 Å². The lowest BCUT2D eigenvalue weighted by atomic mass is 10.2. The number of aliphatic imine (C=N–C) groups is 1. The number of pyridine rings is 1. The molecule has 0 unspecified atom stereocenters. The Morgan fingerprint density at radius 3 is 2.83 bits per heavy atom. The Labute approximate surface area is 105 Å². The number of carbonyl (C=O) groups excluding carboxylic acids is 1. The highest BCUT2D eigenvalue weighted by Crippen LogP contribution is 2.03. The zero-order valence-corrected chi connectivity index (χ0v) is 10.4. The second-order valence-electron chi connectivity index (χ2n) is 3.57. The minimum atomic E-state index is -0.424. The Morgan fingerprint density at radius 2 is 2.28 bits per heavy atom. The fraction of sp³-hybridized carbons (Fsp3) is 0.250. The Hall–Kier alpha value is -2.37. The van der Waals surface area contributed by atoms with Crippen molar-refractivity contribution >= 4 is 17.9 Å². The molecule has 0 spiro atoms. The smallest absolute Gasteiger partial charge is 0.259 e. The maximum absolute atomic E-state index is 11.8. The van der Waals surface area contributed by atoms with Crippen LogP contribution in [0.25, 0.3) is 0 Å². The number of amides is 1. The number of rotatable bonds is 4. The average Bonchev–Trinajstić information content (AvgIpc) is 2.34. The van der Waals surface area contributed by atoms with E-state index in [1.54, 1.807) is 0 Å². The van der Waals surface area contributed by atoms with Crippen LogP contribution in [0.4, 0.5) is 5.82 Å². The molecule has 0 aliphatic heterocycles. The van der Waals surface area contributed by atoms with Gasteiger partial charge in [0.05, 0.1) is 5.57 Å². The first-order valence-corrected chi connectivity index (χ1v) is 5.49. The molecule has 0 radical (unpaired) electrons. The number of nitrogens with one attached hydrogen (secondary N) is 2. The van der Waals surface area contributed by atoms with Crippen LogP contribution < -0.4 is 16.5 Å². The van der Waals surface area contributed by atoms with Gasteiger partial charge in [0.25, 0.3) is 5.91 Å². The van der Waals surface area contributed by atoms with Gasteiger partial charge in [0.15, 0.2) is 5.43 Å². The van der Waals surface area contributed by atoms with Crippen LogP contribution in [-0.4, -0.2) is 24.2 Å². The van der Waals surface area contributed by atoms with E-state index in [1.807, 2.05) is 6.92 Å². The fourth-order valence-electron chi connectivity index (χ4n) is 1.37. The molecule has 0 atom stereocenters. The van der Waals surface area contributed by atoms with E-state index in [-0.39, 0.29) is 11.0 Å². The van der Waals surface area contributed by atoms with E-state index in [0.717, 1.165) is 11.9 Å². The Balaban J connectivity index is 2.94. The van der Waals surface area contributed by atoms with Gasteiger partial charge in [0.2, 0.25) is 0 Å². The van der Waals surface area contributed by atoms with Crippen molar-refractivity contribution in [3.05, 3.63) is 39.8 Å². The van der Waals surface area contributed by atoms with Gasteiger partial charge in [0.1, 0.15) is 5.82 Å². The van der Waals surface area contributed by atoms with Crippen LogP contribution >= 0.6 is 0 Å². The minimum Gasteiger partial charge on any atom is -0.404 e. The van der Waals surface area contributed by atoms with Crippen LogP contribution in [0.1, 0.15) is 12.6 Å². The summed E-state index contributed by atoms with van der Waals surface area (Å²) in [7, 11) is 1.54. The highest BCUT2D eigenvalue weighted by Gasteiger charge is 2.08. The number of H-pyrrole nitrogens is 1. The molecule has 0 aliphatic carbocycles. The highest BCUT2D eigenvalue weighted by molar-refractivity contribution is 6.17. The van der Waals surface area contributed by atoms with Crippen molar-refractivity contribution in [3.63, 3.8) is 0 Å². The standard InChI is InChI=1S/C12H16N4O2/c1-3-9-4-10(17)5-11(15-9)16-12(18)8(6-13)7-14-2/h4-7H,3,13H2,1-2H3,(H2,15,16,17,18)/b8-6+,14-7?. The van der Waals surface area contributed by atoms with Crippen LogP contribution in [0.15, 0.2) is 33.7 Å². The van der Waals surface area contributed by atoms with Gasteiger partial charge in [-0.3, -0.25) is 14.6 Å². The van der Waals surface area contributed by atoms with Crippen molar-refractivity contribution in [2.45, 2.75) is 13.3 Å². The molecule has 1 aromatic rings. The molecule has 1 heterocycles. The number of nitrogens with two attached hydrogens (primary N) is 1. The molecule has 6 heteroatoms. The predicted octanol–water partition coefficient (Wildman–Crippen LogP) is 0.419. The van der Waals surface area contributed by atoms with Crippen molar-refractivity contribution in [2.75, 3.05) is 12.4 Å². The largest absolute Gasteiger partial charge is 0.404 e. The predicted molar refractivity (Wildman–Crippen MR) is 71.8 cm³/mol. The number of hydrogen-bond donors (Lipinski definition) is 3. The molecular weight excluding hydrogens is 232 g/mol. The molecule has 0 saturated carbocycles. The van der Waals surface area contributed by atoms with Crippen molar-refractivity contribution < 1.29 is 4.79 Å². The van der Waals surface area contributed by atoms with E-state index in [4.69, 9.17) is 5.73 Å². The number of aromatic amines is 1. The molecular formula is C12H16N4O2. The van der Waals surface area contributed by atoms with Crippen LogP contribution in [0, 0.1) is 0 Å². The zero-order valence-electron chi connectivity index (χ0n) is 10.4. The van der Waals surface area contributed by atoms with E-state index in [0.29, 0.717) is 12.2 Å². The third-order valence-corrected chi connectivity index (χ3v) is 2.24. The highest BCUT2D eigenvalue weighted by atomic mass is 16.1. The molecule has 1 amide bonds. The van der Waals surface area contributed by atoms with E-state index >= 15 is 0 Å². The maximum atomic E-state index is 11.8. The van der Waals surface area contributed by atoms with Gasteiger partial charge >= 0.3 is 0 Å². The quantitative estimate of drug-likeness (QED) is 0.531. The first-order chi connectivity index (χ1) is 8.60. The first-order valence-electron chi connectivity index (χ1n) is 5.49. The SMILES string of the molecule is CCc1cc(=O)cc(NC(=O)/C(C=NC)=C/N)[nH]1. The third-order valence-electron chi connectivity index (χ3n) is 2.24. The summed E-state index contributed by atoms with van der Waals surface area (Å²) in [6.45, 7) is 1.91. The molecule has 0 fully saturated rings. The number of nitrogens with zero attached hydrogens (tertiary/aromatic N) is 1. The average molecular weight is 248 g/mol. The van der Waals surface area contributed by atoms with Crippen LogP contribution in [0.2, 0.25) is 0 Å². The van der Waals surface area contributed by atoms with Gasteiger partial charge < -0.3 is 16.0 Å². The van der Waals surface area contributed by atoms with Crippen molar-refractivity contribution in [2.24, 2.45) is 10.7 Å². The monoisotopic (exact) mass is 248 g/mol. The summed E-state index contributed by atoms with van der Waals surface area (Å²) in [5, 5.41) is 2.56. The summed E-state index contributed by atoms with van der Waals surface area (Å²) in [6.07, 6.45) is 3.18.